The van der Waals surface area contributed by atoms with Crippen molar-refractivity contribution in [3.8, 4) is 0 Å². The van der Waals surface area contributed by atoms with E-state index < -0.39 is 10.0 Å². The first-order valence-electron chi connectivity index (χ1n) is 6.48. The van der Waals surface area contributed by atoms with Gasteiger partial charge in [0.2, 0.25) is 10.0 Å². The van der Waals surface area contributed by atoms with Crippen molar-refractivity contribution in [2.45, 2.75) is 31.7 Å². The lowest BCUT2D eigenvalue weighted by molar-refractivity contribution is 0.331. The summed E-state index contributed by atoms with van der Waals surface area (Å²) >= 11 is 0. The van der Waals surface area contributed by atoms with Crippen molar-refractivity contribution >= 4 is 10.0 Å². The van der Waals surface area contributed by atoms with Gasteiger partial charge in [0, 0.05) is 25.1 Å². The minimum atomic E-state index is -3.46. The number of nitrogens with zero attached hydrogens (tertiary/aromatic N) is 2. The topological polar surface area (TPSA) is 63.4 Å². The highest BCUT2D eigenvalue weighted by Crippen LogP contribution is 2.25. The molecule has 0 fully saturated rings. The van der Waals surface area contributed by atoms with E-state index >= 15 is 0 Å². The molecule has 0 bridgehead atoms. The number of benzene rings is 1. The molecular weight excluding hydrogens is 276 g/mol. The van der Waals surface area contributed by atoms with Crippen LogP contribution < -0.4 is 0 Å². The average Bonchev–Trinajstić information content (AvgIpc) is 2.89. The van der Waals surface area contributed by atoms with Crippen molar-refractivity contribution < 1.29 is 12.9 Å². The van der Waals surface area contributed by atoms with Gasteiger partial charge in [-0.1, -0.05) is 11.2 Å². The van der Waals surface area contributed by atoms with E-state index in [-0.39, 0.29) is 0 Å². The molecule has 0 saturated heterocycles. The third kappa shape index (κ3) is 2.14. The van der Waals surface area contributed by atoms with Crippen molar-refractivity contribution in [2.24, 2.45) is 0 Å². The van der Waals surface area contributed by atoms with Gasteiger partial charge < -0.3 is 4.52 Å². The van der Waals surface area contributed by atoms with Crippen molar-refractivity contribution in [1.29, 1.82) is 0 Å². The summed E-state index contributed by atoms with van der Waals surface area (Å²) in [5, 5.41) is 3.72. The summed E-state index contributed by atoms with van der Waals surface area (Å²) in [4.78, 5) is 0.348. The maximum Gasteiger partial charge on any atom is 0.243 e. The Kier molecular flexibility index (Phi) is 3.14. The number of aryl methyl sites for hydroxylation is 2. The molecule has 0 radical (unpaired) electrons. The second-order valence-corrected chi connectivity index (χ2v) is 7.05. The van der Waals surface area contributed by atoms with Gasteiger partial charge in [-0.15, -0.1) is 0 Å². The zero-order chi connectivity index (χ0) is 14.3. The van der Waals surface area contributed by atoms with Crippen LogP contribution in [0.2, 0.25) is 0 Å². The Balaban J connectivity index is 1.95. The number of aromatic nitrogens is 1. The summed E-state index contributed by atoms with van der Waals surface area (Å²) in [6.45, 7) is 4.64. The number of hydrogen-bond donors (Lipinski definition) is 0. The molecule has 1 aliphatic rings. The molecule has 5 nitrogen and oxygen atoms in total. The molecular formula is C14H16N2O3S. The van der Waals surface area contributed by atoms with Crippen LogP contribution in [0.25, 0.3) is 0 Å². The largest absolute Gasteiger partial charge is 0.361 e. The van der Waals surface area contributed by atoms with E-state index in [1.807, 2.05) is 19.9 Å². The quantitative estimate of drug-likeness (QED) is 0.849. The van der Waals surface area contributed by atoms with Crippen molar-refractivity contribution in [2.75, 3.05) is 6.54 Å². The van der Waals surface area contributed by atoms with Gasteiger partial charge in [0.1, 0.15) is 5.76 Å². The maximum atomic E-state index is 12.7. The van der Waals surface area contributed by atoms with E-state index in [4.69, 9.17) is 4.52 Å². The molecule has 1 aromatic heterocycles. The monoisotopic (exact) mass is 292 g/mol. The minimum absolute atomic E-state index is 0.327. The number of hydrogen-bond acceptors (Lipinski definition) is 4. The van der Waals surface area contributed by atoms with Crippen LogP contribution in [0.1, 0.15) is 22.5 Å². The lowest BCUT2D eigenvalue weighted by atomic mass is 10.1. The molecule has 0 saturated carbocycles. The molecule has 0 spiro atoms. The second-order valence-electron chi connectivity index (χ2n) is 5.11. The van der Waals surface area contributed by atoms with Crippen LogP contribution in [0, 0.1) is 13.8 Å². The van der Waals surface area contributed by atoms with Crippen molar-refractivity contribution in [3.05, 3.63) is 46.8 Å². The Hall–Kier alpha value is -1.66. The Morgan fingerprint density at radius 2 is 2.05 bits per heavy atom. The van der Waals surface area contributed by atoms with Gasteiger partial charge in [-0.2, -0.15) is 4.31 Å². The van der Waals surface area contributed by atoms with Crippen molar-refractivity contribution in [3.63, 3.8) is 0 Å². The van der Waals surface area contributed by atoms with Gasteiger partial charge in [0.05, 0.1) is 11.1 Å². The van der Waals surface area contributed by atoms with Crippen molar-refractivity contribution in [1.82, 2.24) is 9.46 Å². The third-order valence-corrected chi connectivity index (χ3v) is 5.62. The number of fused-ring (bicyclic) bond motifs is 1. The molecule has 3 rings (SSSR count). The van der Waals surface area contributed by atoms with Gasteiger partial charge in [0.15, 0.2) is 0 Å². The molecule has 0 unspecified atom stereocenters. The summed E-state index contributed by atoms with van der Waals surface area (Å²) in [7, 11) is -3.46. The predicted molar refractivity (Wildman–Crippen MR) is 73.7 cm³/mol. The highest BCUT2D eigenvalue weighted by molar-refractivity contribution is 7.89. The van der Waals surface area contributed by atoms with Crippen LogP contribution in [0.4, 0.5) is 0 Å². The molecule has 0 amide bonds. The van der Waals surface area contributed by atoms with Gasteiger partial charge in [0.25, 0.3) is 0 Å². The van der Waals surface area contributed by atoms with Crippen LogP contribution in [0.3, 0.4) is 0 Å². The van der Waals surface area contributed by atoms with E-state index in [0.29, 0.717) is 24.4 Å². The fraction of sp³-hybridized carbons (Fsp3) is 0.357. The Bertz CT molecular complexity index is 750. The molecule has 0 atom stereocenters. The minimum Gasteiger partial charge on any atom is -0.361 e. The smallest absolute Gasteiger partial charge is 0.243 e. The van der Waals surface area contributed by atoms with Gasteiger partial charge in [-0.3, -0.25) is 0 Å². The molecule has 6 heteroatoms. The molecule has 0 aliphatic carbocycles. The predicted octanol–water partition coefficient (Wildman–Crippen LogP) is 2.04. The maximum absolute atomic E-state index is 12.7. The number of rotatable bonds is 2. The lowest BCUT2D eigenvalue weighted by Crippen LogP contribution is -2.35. The first-order valence-corrected chi connectivity index (χ1v) is 7.92. The average molecular weight is 292 g/mol. The van der Waals surface area contributed by atoms with Crippen LogP contribution in [-0.4, -0.2) is 24.4 Å². The molecule has 1 aliphatic heterocycles. The second kappa shape index (κ2) is 4.71. The van der Waals surface area contributed by atoms with E-state index in [2.05, 4.69) is 5.16 Å². The fourth-order valence-electron chi connectivity index (χ4n) is 2.34. The standard InChI is InChI=1S/C14H16N2O3S/c1-10-3-4-13(7-11(10)2)20(17,18)16-6-5-14-12(9-16)8-15-19-14/h3-4,7-8H,5-6,9H2,1-2H3. The van der Waals surface area contributed by atoms with E-state index in [9.17, 15) is 8.42 Å². The zero-order valence-electron chi connectivity index (χ0n) is 11.5. The molecule has 106 valence electrons. The van der Waals surface area contributed by atoms with Gasteiger partial charge in [-0.05, 0) is 37.1 Å². The number of sulfonamides is 1. The third-order valence-electron chi connectivity index (χ3n) is 3.78. The van der Waals surface area contributed by atoms with Gasteiger partial charge in [-0.25, -0.2) is 8.42 Å². The van der Waals surface area contributed by atoms with E-state index in [1.54, 1.807) is 18.3 Å². The lowest BCUT2D eigenvalue weighted by Gasteiger charge is -2.25. The SMILES string of the molecule is Cc1ccc(S(=O)(=O)N2CCc3oncc3C2)cc1C. The molecule has 2 aromatic rings. The highest BCUT2D eigenvalue weighted by Gasteiger charge is 2.30. The zero-order valence-corrected chi connectivity index (χ0v) is 12.3. The van der Waals surface area contributed by atoms with Crippen LogP contribution in [0.5, 0.6) is 0 Å². The molecule has 1 aromatic carbocycles. The highest BCUT2D eigenvalue weighted by atomic mass is 32.2. The van der Waals surface area contributed by atoms with Crippen LogP contribution >= 0.6 is 0 Å². The van der Waals surface area contributed by atoms with Gasteiger partial charge >= 0.3 is 0 Å². The van der Waals surface area contributed by atoms with Crippen LogP contribution in [-0.2, 0) is 23.0 Å². The Morgan fingerprint density at radius 3 is 2.80 bits per heavy atom. The normalized spacial score (nSPS) is 16.1. The summed E-state index contributed by atoms with van der Waals surface area (Å²) < 4.78 is 31.9. The summed E-state index contributed by atoms with van der Waals surface area (Å²) in [6, 6.07) is 5.24. The van der Waals surface area contributed by atoms with E-state index in [1.165, 1.54) is 4.31 Å². The Labute approximate surface area is 118 Å². The fourth-order valence-corrected chi connectivity index (χ4v) is 3.85. The first-order chi connectivity index (χ1) is 9.48. The molecule has 2 heterocycles. The summed E-state index contributed by atoms with van der Waals surface area (Å²) in [6.07, 6.45) is 2.16. The Morgan fingerprint density at radius 1 is 1.25 bits per heavy atom. The summed E-state index contributed by atoms with van der Waals surface area (Å²) in [5.74, 6) is 0.788. The molecule has 0 N–H and O–H groups in total. The molecule has 20 heavy (non-hydrogen) atoms. The summed E-state index contributed by atoms with van der Waals surface area (Å²) in [5.41, 5.74) is 2.92. The first kappa shape index (κ1) is 13.3. The van der Waals surface area contributed by atoms with Crippen LogP contribution in [0.15, 0.2) is 33.8 Å². The van der Waals surface area contributed by atoms with E-state index in [0.717, 1.165) is 22.5 Å².